The number of tetrazole rings is 1. The maximum Gasteiger partial charge on any atom is 0.186 e. The standard InChI is InChI=1S/C36H29N5/c1-26-21-23-27(24-22-26)34-33(32-20-12-11-13-28(32)25-37-34)35-38-39-40-41(35)36(29-14-5-2-6-15-29,30-16-7-3-8-17-30)31-18-9-4-10-19-31/h2-18,20-25,31H,19H2,1H3. The van der Waals surface area contributed by atoms with Crippen molar-refractivity contribution in [3.05, 3.63) is 156 Å². The number of aromatic nitrogens is 5. The van der Waals surface area contributed by atoms with E-state index >= 15 is 0 Å². The second-order valence-corrected chi connectivity index (χ2v) is 10.5. The Bertz CT molecular complexity index is 1830. The fourth-order valence-electron chi connectivity index (χ4n) is 6.17. The van der Waals surface area contributed by atoms with Crippen molar-refractivity contribution in [1.82, 2.24) is 25.2 Å². The Morgan fingerprint density at radius 1 is 0.756 bits per heavy atom. The minimum atomic E-state index is -0.718. The first kappa shape index (κ1) is 24.9. The van der Waals surface area contributed by atoms with E-state index in [4.69, 9.17) is 15.3 Å². The first-order valence-electron chi connectivity index (χ1n) is 13.9. The molecule has 6 aromatic rings. The van der Waals surface area contributed by atoms with E-state index in [0.29, 0.717) is 5.82 Å². The fraction of sp³-hybridized carbons (Fsp3) is 0.111. The molecule has 7 rings (SSSR count). The lowest BCUT2D eigenvalue weighted by atomic mass is 9.70. The van der Waals surface area contributed by atoms with Crippen molar-refractivity contribution in [3.63, 3.8) is 0 Å². The Kier molecular flexibility index (Phi) is 6.32. The molecule has 5 heteroatoms. The fourth-order valence-corrected chi connectivity index (χ4v) is 6.17. The minimum Gasteiger partial charge on any atom is -0.255 e. The van der Waals surface area contributed by atoms with Gasteiger partial charge in [-0.05, 0) is 40.3 Å². The van der Waals surface area contributed by atoms with Crippen LogP contribution >= 0.6 is 0 Å². The van der Waals surface area contributed by atoms with Crippen molar-refractivity contribution in [2.45, 2.75) is 18.9 Å². The van der Waals surface area contributed by atoms with E-state index in [0.717, 1.165) is 45.1 Å². The first-order valence-corrected chi connectivity index (χ1v) is 13.9. The summed E-state index contributed by atoms with van der Waals surface area (Å²) in [5, 5.41) is 16.0. The van der Waals surface area contributed by atoms with Gasteiger partial charge in [0.15, 0.2) is 5.82 Å². The van der Waals surface area contributed by atoms with Crippen LogP contribution < -0.4 is 0 Å². The predicted molar refractivity (Wildman–Crippen MR) is 164 cm³/mol. The van der Waals surface area contributed by atoms with Gasteiger partial charge in [-0.15, -0.1) is 5.10 Å². The Labute approximate surface area is 239 Å². The third-order valence-corrected chi connectivity index (χ3v) is 8.10. The summed E-state index contributed by atoms with van der Waals surface area (Å²) >= 11 is 0. The number of benzene rings is 4. The third-order valence-electron chi connectivity index (χ3n) is 8.10. The summed E-state index contributed by atoms with van der Waals surface area (Å²) in [5.41, 5.74) is 5.52. The molecule has 0 bridgehead atoms. The van der Waals surface area contributed by atoms with Gasteiger partial charge in [-0.2, -0.15) is 0 Å². The average Bonchev–Trinajstić information content (AvgIpc) is 3.53. The first-order chi connectivity index (χ1) is 20.3. The molecule has 0 amide bonds. The zero-order chi connectivity index (χ0) is 27.6. The number of allylic oxidation sites excluding steroid dienone is 4. The van der Waals surface area contributed by atoms with Crippen molar-refractivity contribution in [2.75, 3.05) is 0 Å². The maximum absolute atomic E-state index is 5.01. The molecule has 0 fully saturated rings. The van der Waals surface area contributed by atoms with E-state index in [-0.39, 0.29) is 5.92 Å². The molecular formula is C36H29N5. The normalized spacial score (nSPS) is 14.9. The quantitative estimate of drug-likeness (QED) is 0.220. The van der Waals surface area contributed by atoms with E-state index < -0.39 is 5.54 Å². The summed E-state index contributed by atoms with van der Waals surface area (Å²) in [4.78, 5) is 5.01. The number of nitrogens with zero attached hydrogens (tertiary/aromatic N) is 5. The van der Waals surface area contributed by atoms with Crippen LogP contribution in [0.25, 0.3) is 33.4 Å². The van der Waals surface area contributed by atoms with Crippen LogP contribution in [0.3, 0.4) is 0 Å². The van der Waals surface area contributed by atoms with Gasteiger partial charge in [0.05, 0.1) is 11.3 Å². The van der Waals surface area contributed by atoms with Gasteiger partial charge in [0.25, 0.3) is 0 Å². The Hall–Kier alpha value is -5.16. The molecule has 0 radical (unpaired) electrons. The Morgan fingerprint density at radius 2 is 1.44 bits per heavy atom. The monoisotopic (exact) mass is 531 g/mol. The van der Waals surface area contributed by atoms with Crippen LogP contribution in [0.1, 0.15) is 23.1 Å². The molecule has 1 aliphatic rings. The molecule has 41 heavy (non-hydrogen) atoms. The summed E-state index contributed by atoms with van der Waals surface area (Å²) in [6.45, 7) is 2.10. The van der Waals surface area contributed by atoms with Crippen LogP contribution in [0, 0.1) is 12.8 Å². The largest absolute Gasteiger partial charge is 0.255 e. The number of aryl methyl sites for hydroxylation is 1. The second-order valence-electron chi connectivity index (χ2n) is 10.5. The zero-order valence-electron chi connectivity index (χ0n) is 22.8. The van der Waals surface area contributed by atoms with E-state index in [1.54, 1.807) is 0 Å². The van der Waals surface area contributed by atoms with E-state index in [2.05, 4.69) is 140 Å². The van der Waals surface area contributed by atoms with Gasteiger partial charge in [-0.1, -0.05) is 139 Å². The molecule has 5 nitrogen and oxygen atoms in total. The van der Waals surface area contributed by atoms with Crippen LogP contribution in [0.2, 0.25) is 0 Å². The summed E-state index contributed by atoms with van der Waals surface area (Å²) in [7, 11) is 0. The highest BCUT2D eigenvalue weighted by Gasteiger charge is 2.46. The molecule has 1 unspecified atom stereocenters. The topological polar surface area (TPSA) is 56.5 Å². The van der Waals surface area contributed by atoms with Crippen LogP contribution in [0.4, 0.5) is 0 Å². The molecule has 2 aromatic heterocycles. The van der Waals surface area contributed by atoms with Crippen LogP contribution in [-0.4, -0.2) is 25.2 Å². The molecule has 0 saturated carbocycles. The van der Waals surface area contributed by atoms with Gasteiger partial charge >= 0.3 is 0 Å². The molecule has 1 aliphatic carbocycles. The molecular weight excluding hydrogens is 502 g/mol. The number of rotatable bonds is 6. The highest BCUT2D eigenvalue weighted by Crippen LogP contribution is 2.47. The average molecular weight is 532 g/mol. The van der Waals surface area contributed by atoms with Gasteiger partial charge in [0.2, 0.25) is 0 Å². The van der Waals surface area contributed by atoms with E-state index in [9.17, 15) is 0 Å². The van der Waals surface area contributed by atoms with Crippen molar-refractivity contribution in [3.8, 4) is 22.6 Å². The zero-order valence-corrected chi connectivity index (χ0v) is 22.8. The Morgan fingerprint density at radius 3 is 2.12 bits per heavy atom. The summed E-state index contributed by atoms with van der Waals surface area (Å²) in [5.74, 6) is 0.742. The lowest BCUT2D eigenvalue weighted by molar-refractivity contribution is 0.290. The van der Waals surface area contributed by atoms with Gasteiger partial charge < -0.3 is 0 Å². The number of fused-ring (bicyclic) bond motifs is 1. The van der Waals surface area contributed by atoms with Crippen LogP contribution in [0.15, 0.2) is 140 Å². The molecule has 0 spiro atoms. The number of pyridine rings is 1. The third kappa shape index (κ3) is 4.18. The predicted octanol–water partition coefficient (Wildman–Crippen LogP) is 7.79. The minimum absolute atomic E-state index is 0.0605. The van der Waals surface area contributed by atoms with Gasteiger partial charge in [0, 0.05) is 23.1 Å². The van der Waals surface area contributed by atoms with Crippen molar-refractivity contribution in [1.29, 1.82) is 0 Å². The lowest BCUT2D eigenvalue weighted by Crippen LogP contribution is -2.44. The van der Waals surface area contributed by atoms with Crippen LogP contribution in [0.5, 0.6) is 0 Å². The molecule has 198 valence electrons. The summed E-state index contributed by atoms with van der Waals surface area (Å²) < 4.78 is 2.05. The second kappa shape index (κ2) is 10.4. The van der Waals surface area contributed by atoms with E-state index in [1.165, 1.54) is 5.56 Å². The Balaban J connectivity index is 1.59. The van der Waals surface area contributed by atoms with E-state index in [1.807, 2.05) is 16.9 Å². The molecule has 0 N–H and O–H groups in total. The van der Waals surface area contributed by atoms with Gasteiger partial charge in [0.1, 0.15) is 5.54 Å². The molecule has 0 saturated heterocycles. The lowest BCUT2D eigenvalue weighted by Gasteiger charge is -2.41. The highest BCUT2D eigenvalue weighted by molar-refractivity contribution is 6.00. The SMILES string of the molecule is Cc1ccc(-c2ncc3ccccc3c2-c2nnnn2C(c2ccccc2)(c2ccccc2)C2C=CC=CC2)cc1. The van der Waals surface area contributed by atoms with Gasteiger partial charge in [-0.3, -0.25) is 4.98 Å². The van der Waals surface area contributed by atoms with Crippen molar-refractivity contribution >= 4 is 10.8 Å². The summed E-state index contributed by atoms with van der Waals surface area (Å²) in [6, 6.07) is 38.1. The molecule has 1 atom stereocenters. The molecule has 0 aliphatic heterocycles. The number of hydrogen-bond donors (Lipinski definition) is 0. The summed E-state index contributed by atoms with van der Waals surface area (Å²) in [6.07, 6.45) is 11.6. The number of hydrogen-bond acceptors (Lipinski definition) is 4. The molecule has 4 aromatic carbocycles. The highest BCUT2D eigenvalue weighted by atomic mass is 15.6. The van der Waals surface area contributed by atoms with Crippen molar-refractivity contribution < 1.29 is 0 Å². The smallest absolute Gasteiger partial charge is 0.186 e. The maximum atomic E-state index is 5.01. The molecule has 2 heterocycles. The van der Waals surface area contributed by atoms with Crippen molar-refractivity contribution in [2.24, 2.45) is 5.92 Å². The van der Waals surface area contributed by atoms with Gasteiger partial charge in [-0.25, -0.2) is 4.68 Å². The van der Waals surface area contributed by atoms with Crippen LogP contribution in [-0.2, 0) is 5.54 Å².